The third-order valence-electron chi connectivity index (χ3n) is 3.19. The summed E-state index contributed by atoms with van der Waals surface area (Å²) < 4.78 is 0. The highest BCUT2D eigenvalue weighted by atomic mass is 127. The van der Waals surface area contributed by atoms with Crippen molar-refractivity contribution in [3.05, 3.63) is 18.0 Å². The fraction of sp³-hybridized carbons (Fsp3) is 0.667. The van der Waals surface area contributed by atoms with Crippen LogP contribution in [-0.2, 0) is 6.54 Å². The van der Waals surface area contributed by atoms with E-state index >= 15 is 0 Å². The van der Waals surface area contributed by atoms with Crippen molar-refractivity contribution in [2.24, 2.45) is 10.7 Å². The Bertz CT molecular complexity index is 341. The van der Waals surface area contributed by atoms with Crippen LogP contribution in [0.15, 0.2) is 17.3 Å². The maximum Gasteiger partial charge on any atom is 0.189 e. The van der Waals surface area contributed by atoms with E-state index in [9.17, 15) is 0 Å². The molecule has 1 aliphatic carbocycles. The van der Waals surface area contributed by atoms with E-state index in [1.807, 2.05) is 6.07 Å². The molecule has 1 saturated carbocycles. The first-order valence-electron chi connectivity index (χ1n) is 6.39. The number of guanidine groups is 1. The molecular formula is C12H22IN5. The molecule has 102 valence electrons. The first-order chi connectivity index (χ1) is 8.34. The molecule has 0 saturated heterocycles. The number of nitrogens with one attached hydrogen (secondary N) is 2. The highest BCUT2D eigenvalue weighted by molar-refractivity contribution is 14.0. The Morgan fingerprint density at radius 2 is 2.11 bits per heavy atom. The second-order valence-corrected chi connectivity index (χ2v) is 4.62. The van der Waals surface area contributed by atoms with Crippen LogP contribution >= 0.6 is 24.0 Å². The van der Waals surface area contributed by atoms with Gasteiger partial charge in [0.1, 0.15) is 0 Å². The number of aromatic nitrogens is 2. The van der Waals surface area contributed by atoms with Crippen molar-refractivity contribution in [1.82, 2.24) is 15.5 Å². The lowest BCUT2D eigenvalue weighted by molar-refractivity contribution is 0.530. The minimum atomic E-state index is 0. The molecule has 18 heavy (non-hydrogen) atoms. The summed E-state index contributed by atoms with van der Waals surface area (Å²) in [7, 11) is 0. The summed E-state index contributed by atoms with van der Waals surface area (Å²) in [5.74, 6) is 0.548. The molecule has 1 fully saturated rings. The average Bonchev–Trinajstić information content (AvgIpc) is 2.72. The molecule has 0 aliphatic heterocycles. The van der Waals surface area contributed by atoms with Gasteiger partial charge < -0.3 is 11.1 Å². The van der Waals surface area contributed by atoms with Gasteiger partial charge in [-0.2, -0.15) is 5.10 Å². The number of aliphatic imine (C=N–C) groups is 1. The van der Waals surface area contributed by atoms with Crippen LogP contribution in [0.3, 0.4) is 0 Å². The van der Waals surface area contributed by atoms with Gasteiger partial charge in [0.25, 0.3) is 0 Å². The summed E-state index contributed by atoms with van der Waals surface area (Å²) >= 11 is 0. The highest BCUT2D eigenvalue weighted by Crippen LogP contribution is 2.16. The van der Waals surface area contributed by atoms with Crippen molar-refractivity contribution >= 4 is 29.9 Å². The Kier molecular flexibility index (Phi) is 7.07. The molecule has 0 spiro atoms. The molecule has 1 aliphatic rings. The molecule has 0 amide bonds. The maximum atomic E-state index is 5.88. The van der Waals surface area contributed by atoms with Gasteiger partial charge in [0, 0.05) is 12.2 Å². The van der Waals surface area contributed by atoms with Crippen LogP contribution in [0.5, 0.6) is 0 Å². The summed E-state index contributed by atoms with van der Waals surface area (Å²) in [4.78, 5) is 4.30. The predicted octanol–water partition coefficient (Wildman–Crippen LogP) is 2.15. The van der Waals surface area contributed by atoms with E-state index in [1.165, 1.54) is 38.5 Å². The number of hydrogen-bond donors (Lipinski definition) is 3. The molecule has 6 heteroatoms. The molecule has 5 nitrogen and oxygen atoms in total. The second-order valence-electron chi connectivity index (χ2n) is 4.62. The molecule has 4 N–H and O–H groups in total. The van der Waals surface area contributed by atoms with Gasteiger partial charge >= 0.3 is 0 Å². The van der Waals surface area contributed by atoms with Gasteiger partial charge in [-0.15, -0.1) is 24.0 Å². The van der Waals surface area contributed by atoms with Crippen LogP contribution in [0.2, 0.25) is 0 Å². The van der Waals surface area contributed by atoms with Crippen LogP contribution in [-0.4, -0.2) is 22.2 Å². The molecule has 1 heterocycles. The lowest BCUT2D eigenvalue weighted by Crippen LogP contribution is -2.39. The quantitative estimate of drug-likeness (QED) is 0.333. The predicted molar refractivity (Wildman–Crippen MR) is 84.0 cm³/mol. The highest BCUT2D eigenvalue weighted by Gasteiger charge is 2.12. The SMILES string of the molecule is I.NC(=NCc1ccn[nH]1)NC1CCCCCC1. The Hall–Kier alpha value is -0.790. The zero-order chi connectivity index (χ0) is 11.9. The van der Waals surface area contributed by atoms with Gasteiger partial charge in [-0.3, -0.25) is 5.10 Å². The molecule has 0 aromatic carbocycles. The monoisotopic (exact) mass is 363 g/mol. The summed E-state index contributed by atoms with van der Waals surface area (Å²) in [5, 5.41) is 10.1. The smallest absolute Gasteiger partial charge is 0.189 e. The lowest BCUT2D eigenvalue weighted by Gasteiger charge is -2.16. The van der Waals surface area contributed by atoms with E-state index in [0.717, 1.165) is 5.69 Å². The van der Waals surface area contributed by atoms with E-state index in [4.69, 9.17) is 5.73 Å². The van der Waals surface area contributed by atoms with Gasteiger partial charge in [-0.05, 0) is 18.9 Å². The first kappa shape index (κ1) is 15.3. The van der Waals surface area contributed by atoms with Gasteiger partial charge in [-0.25, -0.2) is 4.99 Å². The molecule has 0 bridgehead atoms. The van der Waals surface area contributed by atoms with Crippen LogP contribution in [0.4, 0.5) is 0 Å². The molecular weight excluding hydrogens is 341 g/mol. The number of nitrogens with two attached hydrogens (primary N) is 1. The van der Waals surface area contributed by atoms with E-state index in [1.54, 1.807) is 6.20 Å². The van der Waals surface area contributed by atoms with Crippen molar-refractivity contribution in [3.8, 4) is 0 Å². The van der Waals surface area contributed by atoms with Crippen LogP contribution < -0.4 is 11.1 Å². The first-order valence-corrected chi connectivity index (χ1v) is 6.39. The lowest BCUT2D eigenvalue weighted by atomic mass is 10.1. The second kappa shape index (κ2) is 8.34. The Balaban J connectivity index is 0.00000162. The fourth-order valence-electron chi connectivity index (χ4n) is 2.22. The topological polar surface area (TPSA) is 79.1 Å². The van der Waals surface area contributed by atoms with Crippen LogP contribution in [0.1, 0.15) is 44.2 Å². The number of hydrogen-bond acceptors (Lipinski definition) is 2. The number of aromatic amines is 1. The Morgan fingerprint density at radius 3 is 2.72 bits per heavy atom. The number of nitrogens with zero attached hydrogens (tertiary/aromatic N) is 2. The van der Waals surface area contributed by atoms with Crippen LogP contribution in [0.25, 0.3) is 0 Å². The largest absolute Gasteiger partial charge is 0.370 e. The molecule has 1 aromatic rings. The zero-order valence-electron chi connectivity index (χ0n) is 10.6. The summed E-state index contributed by atoms with van der Waals surface area (Å²) in [6.45, 7) is 0.561. The van der Waals surface area contributed by atoms with Gasteiger partial charge in [0.15, 0.2) is 5.96 Å². The third-order valence-corrected chi connectivity index (χ3v) is 3.19. The van der Waals surface area contributed by atoms with Crippen molar-refractivity contribution in [1.29, 1.82) is 0 Å². The molecule has 0 radical (unpaired) electrons. The summed E-state index contributed by atoms with van der Waals surface area (Å²) in [6.07, 6.45) is 9.43. The summed E-state index contributed by atoms with van der Waals surface area (Å²) in [6, 6.07) is 2.41. The Labute approximate surface area is 125 Å². The van der Waals surface area contributed by atoms with E-state index < -0.39 is 0 Å². The number of halogens is 1. The van der Waals surface area contributed by atoms with E-state index in [-0.39, 0.29) is 24.0 Å². The van der Waals surface area contributed by atoms with Crippen molar-refractivity contribution in [3.63, 3.8) is 0 Å². The van der Waals surface area contributed by atoms with Gasteiger partial charge in [-0.1, -0.05) is 25.7 Å². The molecule has 2 rings (SSSR count). The van der Waals surface area contributed by atoms with E-state index in [0.29, 0.717) is 18.5 Å². The van der Waals surface area contributed by atoms with Crippen molar-refractivity contribution in [2.45, 2.75) is 51.1 Å². The van der Waals surface area contributed by atoms with Crippen LogP contribution in [0, 0.1) is 0 Å². The van der Waals surface area contributed by atoms with Crippen molar-refractivity contribution in [2.75, 3.05) is 0 Å². The summed E-state index contributed by atoms with van der Waals surface area (Å²) in [5.41, 5.74) is 6.86. The minimum Gasteiger partial charge on any atom is -0.370 e. The molecule has 0 unspecified atom stereocenters. The average molecular weight is 363 g/mol. The number of H-pyrrole nitrogens is 1. The third kappa shape index (κ3) is 5.24. The number of rotatable bonds is 3. The minimum absolute atomic E-state index is 0. The van der Waals surface area contributed by atoms with Gasteiger partial charge in [0.05, 0.1) is 12.2 Å². The fourth-order valence-corrected chi connectivity index (χ4v) is 2.22. The van der Waals surface area contributed by atoms with Gasteiger partial charge in [0.2, 0.25) is 0 Å². The Morgan fingerprint density at radius 1 is 1.39 bits per heavy atom. The normalized spacial score (nSPS) is 17.9. The maximum absolute atomic E-state index is 5.88. The molecule has 0 atom stereocenters. The van der Waals surface area contributed by atoms with E-state index in [2.05, 4.69) is 20.5 Å². The van der Waals surface area contributed by atoms with Crippen molar-refractivity contribution < 1.29 is 0 Å². The molecule has 1 aromatic heterocycles. The standard InChI is InChI=1S/C12H21N5.HI/c13-12(14-9-11-7-8-15-17-11)16-10-5-3-1-2-4-6-10;/h7-8,10H,1-6,9H2,(H,15,17)(H3,13,14,16);1H. The zero-order valence-corrected chi connectivity index (χ0v) is 12.9.